The second-order valence-corrected chi connectivity index (χ2v) is 9.60. The van der Waals surface area contributed by atoms with Crippen LogP contribution < -0.4 is 5.32 Å². The fourth-order valence-corrected chi connectivity index (χ4v) is 4.39. The molecule has 0 saturated heterocycles. The van der Waals surface area contributed by atoms with Crippen molar-refractivity contribution in [2.45, 2.75) is 142 Å². The molecule has 0 aromatic heterocycles. The van der Waals surface area contributed by atoms with Crippen LogP contribution in [0.2, 0.25) is 0 Å². The van der Waals surface area contributed by atoms with Gasteiger partial charge in [0.1, 0.15) is 0 Å². The highest BCUT2D eigenvalue weighted by atomic mass is 16.3. The Labute approximate surface area is 199 Å². The van der Waals surface area contributed by atoms with E-state index in [0.29, 0.717) is 19.4 Å². The number of hydrogen-bond donors (Lipinski definition) is 3. The average Bonchev–Trinajstić information content (AvgIpc) is 2.79. The predicted molar refractivity (Wildman–Crippen MR) is 137 cm³/mol. The number of likely N-dealkylation sites (N-methyl/N-ethyl adjacent to an activating group) is 1. The van der Waals surface area contributed by atoms with Gasteiger partial charge in [-0.3, -0.25) is 9.69 Å². The largest absolute Gasteiger partial charge is 0.394 e. The molecule has 2 unspecified atom stereocenters. The molecule has 0 spiro atoms. The van der Waals surface area contributed by atoms with Gasteiger partial charge in [-0.1, -0.05) is 104 Å². The van der Waals surface area contributed by atoms with Crippen molar-refractivity contribution in [3.05, 3.63) is 0 Å². The second kappa shape index (κ2) is 23.5. The smallest absolute Gasteiger partial charge is 0.220 e. The molecule has 5 heteroatoms. The number of carbonyl (C=O) groups is 1. The van der Waals surface area contributed by atoms with Crippen molar-refractivity contribution in [1.29, 1.82) is 0 Å². The number of aliphatic hydroxyl groups excluding tert-OH is 2. The number of aliphatic hydroxyl groups is 2. The summed E-state index contributed by atoms with van der Waals surface area (Å²) < 4.78 is 0. The molecule has 0 fully saturated rings. The Hall–Kier alpha value is -0.650. The second-order valence-electron chi connectivity index (χ2n) is 9.60. The van der Waals surface area contributed by atoms with Crippen LogP contribution in [0, 0.1) is 0 Å². The predicted octanol–water partition coefficient (Wildman–Crippen LogP) is 5.82. The first kappa shape index (κ1) is 31.4. The van der Waals surface area contributed by atoms with Crippen LogP contribution in [0.15, 0.2) is 0 Å². The average molecular weight is 457 g/mol. The van der Waals surface area contributed by atoms with Gasteiger partial charge >= 0.3 is 0 Å². The fourth-order valence-electron chi connectivity index (χ4n) is 4.39. The molecule has 0 aliphatic carbocycles. The normalized spacial score (nSPS) is 13.4. The maximum atomic E-state index is 12.0. The molecule has 0 aliphatic heterocycles. The summed E-state index contributed by atoms with van der Waals surface area (Å²) >= 11 is 0. The number of carbonyl (C=O) groups excluding carboxylic acids is 1. The molecule has 2 atom stereocenters. The van der Waals surface area contributed by atoms with Gasteiger partial charge in [0.25, 0.3) is 0 Å². The van der Waals surface area contributed by atoms with Crippen LogP contribution in [0.3, 0.4) is 0 Å². The number of unbranched alkanes of at least 4 members (excludes halogenated alkanes) is 14. The van der Waals surface area contributed by atoms with Crippen LogP contribution in [-0.4, -0.2) is 59.4 Å². The zero-order valence-electron chi connectivity index (χ0n) is 21.8. The Morgan fingerprint density at radius 3 is 1.72 bits per heavy atom. The maximum absolute atomic E-state index is 12.0. The van der Waals surface area contributed by atoms with Crippen LogP contribution in [0.25, 0.3) is 0 Å². The van der Waals surface area contributed by atoms with Crippen LogP contribution in [0.1, 0.15) is 130 Å². The molecule has 0 radical (unpaired) electrons. The minimum absolute atomic E-state index is 0.152. The number of nitrogens with zero attached hydrogens (tertiary/aromatic N) is 1. The lowest BCUT2D eigenvalue weighted by Gasteiger charge is -2.29. The molecular weight excluding hydrogens is 400 g/mol. The van der Waals surface area contributed by atoms with Crippen molar-refractivity contribution in [1.82, 2.24) is 10.2 Å². The third-order valence-corrected chi connectivity index (χ3v) is 6.58. The molecule has 0 heterocycles. The topological polar surface area (TPSA) is 72.8 Å². The Balaban J connectivity index is 3.46. The molecule has 0 rings (SSSR count). The molecule has 192 valence electrons. The zero-order chi connectivity index (χ0) is 23.9. The highest BCUT2D eigenvalue weighted by molar-refractivity contribution is 5.75. The van der Waals surface area contributed by atoms with Crippen LogP contribution in [0.5, 0.6) is 0 Å². The maximum Gasteiger partial charge on any atom is 0.220 e. The van der Waals surface area contributed by atoms with Gasteiger partial charge < -0.3 is 15.5 Å². The fraction of sp³-hybridized carbons (Fsp3) is 0.963. The van der Waals surface area contributed by atoms with E-state index in [1.54, 1.807) is 0 Å². The van der Waals surface area contributed by atoms with Gasteiger partial charge in [0.15, 0.2) is 0 Å². The lowest BCUT2D eigenvalue weighted by atomic mass is 10.0. The van der Waals surface area contributed by atoms with Gasteiger partial charge in [-0.15, -0.1) is 0 Å². The third-order valence-electron chi connectivity index (χ3n) is 6.58. The van der Waals surface area contributed by atoms with E-state index in [-0.39, 0.29) is 18.6 Å². The van der Waals surface area contributed by atoms with Crippen LogP contribution in [0.4, 0.5) is 0 Å². The summed E-state index contributed by atoms with van der Waals surface area (Å²) in [5, 5.41) is 21.6. The van der Waals surface area contributed by atoms with E-state index in [9.17, 15) is 9.90 Å². The summed E-state index contributed by atoms with van der Waals surface area (Å²) in [6.07, 6.45) is 20.6. The Bertz CT molecular complexity index is 406. The van der Waals surface area contributed by atoms with E-state index in [2.05, 4.69) is 31.0 Å². The molecule has 3 N–H and O–H groups in total. The quantitative estimate of drug-likeness (QED) is 0.160. The van der Waals surface area contributed by atoms with E-state index in [4.69, 9.17) is 5.11 Å². The molecule has 5 nitrogen and oxygen atoms in total. The highest BCUT2D eigenvalue weighted by Crippen LogP contribution is 2.13. The first-order chi connectivity index (χ1) is 15.5. The highest BCUT2D eigenvalue weighted by Gasteiger charge is 2.15. The summed E-state index contributed by atoms with van der Waals surface area (Å²) in [4.78, 5) is 14.3. The van der Waals surface area contributed by atoms with Crippen molar-refractivity contribution >= 4 is 5.91 Å². The number of rotatable bonds is 24. The molecule has 0 aromatic carbocycles. The number of nitrogens with one attached hydrogen (secondary N) is 1. The van der Waals surface area contributed by atoms with Gasteiger partial charge in [-0.25, -0.2) is 0 Å². The van der Waals surface area contributed by atoms with Crippen LogP contribution >= 0.6 is 0 Å². The summed E-state index contributed by atoms with van der Waals surface area (Å²) in [7, 11) is 0. The van der Waals surface area contributed by atoms with E-state index in [1.807, 2.05) is 0 Å². The van der Waals surface area contributed by atoms with Crippen molar-refractivity contribution < 1.29 is 15.0 Å². The van der Waals surface area contributed by atoms with E-state index >= 15 is 0 Å². The van der Waals surface area contributed by atoms with E-state index in [0.717, 1.165) is 25.9 Å². The molecule has 0 aromatic rings. The Morgan fingerprint density at radius 1 is 0.812 bits per heavy atom. The standard InChI is InChI=1S/C27H56N2O3/c1-4-6-7-8-9-10-11-12-13-14-15-16-17-18-19-20-27(32)28-21-22-29(5-2)25(3)23-26(31)24-30/h25-26,30-31H,4-24H2,1-3H3,(H,28,32). The van der Waals surface area contributed by atoms with Gasteiger partial charge in [0.05, 0.1) is 12.7 Å². The molecule has 0 aliphatic rings. The first-order valence-corrected chi connectivity index (χ1v) is 13.8. The molecular formula is C27H56N2O3. The molecule has 32 heavy (non-hydrogen) atoms. The molecule has 1 amide bonds. The number of amides is 1. The summed E-state index contributed by atoms with van der Waals surface area (Å²) in [5.41, 5.74) is 0. The first-order valence-electron chi connectivity index (χ1n) is 13.8. The van der Waals surface area contributed by atoms with Gasteiger partial charge in [0, 0.05) is 25.6 Å². The monoisotopic (exact) mass is 456 g/mol. The van der Waals surface area contributed by atoms with Gasteiger partial charge in [-0.2, -0.15) is 0 Å². The lowest BCUT2D eigenvalue weighted by molar-refractivity contribution is -0.121. The van der Waals surface area contributed by atoms with Crippen molar-refractivity contribution in [3.63, 3.8) is 0 Å². The van der Waals surface area contributed by atoms with E-state index in [1.165, 1.54) is 83.5 Å². The van der Waals surface area contributed by atoms with Gasteiger partial charge in [-0.05, 0) is 26.3 Å². The SMILES string of the molecule is CCCCCCCCCCCCCCCCCC(=O)NCCN(CC)C(C)CC(O)CO. The van der Waals surface area contributed by atoms with Gasteiger partial charge in [0.2, 0.25) is 5.91 Å². The Kier molecular flexibility index (Phi) is 23.0. The lowest BCUT2D eigenvalue weighted by Crippen LogP contribution is -2.41. The van der Waals surface area contributed by atoms with Crippen molar-refractivity contribution in [3.8, 4) is 0 Å². The summed E-state index contributed by atoms with van der Waals surface area (Å²) in [6, 6.07) is 0.189. The summed E-state index contributed by atoms with van der Waals surface area (Å²) in [5.74, 6) is 0.152. The van der Waals surface area contributed by atoms with Crippen LogP contribution in [-0.2, 0) is 4.79 Å². The molecule has 0 saturated carbocycles. The van der Waals surface area contributed by atoms with Crippen molar-refractivity contribution in [2.75, 3.05) is 26.2 Å². The third kappa shape index (κ3) is 20.0. The molecule has 0 bridgehead atoms. The zero-order valence-corrected chi connectivity index (χ0v) is 21.8. The minimum atomic E-state index is -0.668. The van der Waals surface area contributed by atoms with E-state index < -0.39 is 6.10 Å². The minimum Gasteiger partial charge on any atom is -0.394 e. The van der Waals surface area contributed by atoms with Crippen molar-refractivity contribution in [2.24, 2.45) is 0 Å². The Morgan fingerprint density at radius 2 is 1.28 bits per heavy atom. The number of hydrogen-bond acceptors (Lipinski definition) is 4. The summed E-state index contributed by atoms with van der Waals surface area (Å²) in [6.45, 7) is 8.51.